The zero-order valence-corrected chi connectivity index (χ0v) is 30.4. The minimum absolute atomic E-state index is 0.596. The van der Waals surface area contributed by atoms with Crippen molar-refractivity contribution in [1.29, 1.82) is 0 Å². The van der Waals surface area contributed by atoms with Gasteiger partial charge in [0, 0.05) is 54.0 Å². The van der Waals surface area contributed by atoms with Gasteiger partial charge in [0.05, 0.1) is 27.6 Å². The molecular formula is C52H29N3O2. The molecule has 0 radical (unpaired) electrons. The van der Waals surface area contributed by atoms with Crippen molar-refractivity contribution in [3.05, 3.63) is 176 Å². The Balaban J connectivity index is 1.24. The van der Waals surface area contributed by atoms with Crippen molar-refractivity contribution >= 4 is 98.1 Å². The molecule has 0 N–H and O–H groups in total. The van der Waals surface area contributed by atoms with E-state index in [1.165, 1.54) is 0 Å². The van der Waals surface area contributed by atoms with Crippen LogP contribution in [0.25, 0.3) is 126 Å². The maximum Gasteiger partial charge on any atom is 0.235 e. The maximum absolute atomic E-state index is 6.96. The summed E-state index contributed by atoms with van der Waals surface area (Å²) in [5, 5.41) is 11.8. The molecule has 57 heavy (non-hydrogen) atoms. The normalized spacial score (nSPS) is 12.2. The van der Waals surface area contributed by atoms with Gasteiger partial charge in [0.15, 0.2) is 0 Å². The van der Waals surface area contributed by atoms with Crippen LogP contribution in [0.2, 0.25) is 0 Å². The molecule has 9 aromatic carbocycles. The molecule has 264 valence electrons. The lowest BCUT2D eigenvalue weighted by atomic mass is 9.95. The molecule has 0 aliphatic rings. The van der Waals surface area contributed by atoms with Crippen LogP contribution in [0, 0.1) is 0 Å². The van der Waals surface area contributed by atoms with Gasteiger partial charge in [-0.25, -0.2) is 9.97 Å². The fourth-order valence-corrected chi connectivity index (χ4v) is 9.32. The van der Waals surface area contributed by atoms with Crippen molar-refractivity contribution in [3.63, 3.8) is 0 Å². The van der Waals surface area contributed by atoms with Crippen LogP contribution in [0.1, 0.15) is 0 Å². The van der Waals surface area contributed by atoms with Crippen LogP contribution in [-0.2, 0) is 0 Å². The molecule has 0 aliphatic heterocycles. The number of nitrogens with zero attached hydrogens (tertiary/aromatic N) is 3. The SMILES string of the molecule is c1ccc(-c2cccc(-c3nc(-n4c5ccccc5c5c6oc7ccccc7c6c6c(ccc7oc8ccccc8c76)c54)nc4c3ccc3ccccc34)c2)cc1. The fraction of sp³-hybridized carbons (Fsp3) is 0. The van der Waals surface area contributed by atoms with Crippen molar-refractivity contribution in [2.75, 3.05) is 0 Å². The summed E-state index contributed by atoms with van der Waals surface area (Å²) < 4.78 is 15.7. The molecule has 13 rings (SSSR count). The summed E-state index contributed by atoms with van der Waals surface area (Å²) in [6.07, 6.45) is 0. The van der Waals surface area contributed by atoms with Crippen molar-refractivity contribution in [2.24, 2.45) is 0 Å². The third-order valence-corrected chi connectivity index (χ3v) is 11.8. The molecule has 4 aromatic heterocycles. The predicted molar refractivity (Wildman–Crippen MR) is 234 cm³/mol. The Labute approximate surface area is 324 Å². The van der Waals surface area contributed by atoms with Gasteiger partial charge in [-0.3, -0.25) is 4.57 Å². The molecule has 0 saturated carbocycles. The summed E-state index contributed by atoms with van der Waals surface area (Å²) in [5.74, 6) is 0.596. The number of aromatic nitrogens is 3. The maximum atomic E-state index is 6.96. The van der Waals surface area contributed by atoms with Gasteiger partial charge in [0.25, 0.3) is 0 Å². The number of benzene rings is 9. The number of hydrogen-bond acceptors (Lipinski definition) is 4. The van der Waals surface area contributed by atoms with E-state index in [4.69, 9.17) is 18.8 Å². The van der Waals surface area contributed by atoms with E-state index in [-0.39, 0.29) is 0 Å². The summed E-state index contributed by atoms with van der Waals surface area (Å²) in [7, 11) is 0. The molecule has 0 amide bonds. The van der Waals surface area contributed by atoms with Crippen molar-refractivity contribution in [3.8, 4) is 28.3 Å². The second kappa shape index (κ2) is 11.4. The largest absolute Gasteiger partial charge is 0.456 e. The van der Waals surface area contributed by atoms with Crippen molar-refractivity contribution < 1.29 is 8.83 Å². The van der Waals surface area contributed by atoms with Gasteiger partial charge >= 0.3 is 0 Å². The molecule has 0 fully saturated rings. The van der Waals surface area contributed by atoms with Crippen LogP contribution in [0.5, 0.6) is 0 Å². The highest BCUT2D eigenvalue weighted by Gasteiger charge is 2.27. The molecule has 0 unspecified atom stereocenters. The van der Waals surface area contributed by atoms with Crippen molar-refractivity contribution in [2.45, 2.75) is 0 Å². The van der Waals surface area contributed by atoms with E-state index in [1.54, 1.807) is 0 Å². The first-order valence-corrected chi connectivity index (χ1v) is 19.2. The second-order valence-corrected chi connectivity index (χ2v) is 14.8. The van der Waals surface area contributed by atoms with Crippen LogP contribution in [0.4, 0.5) is 0 Å². The third-order valence-electron chi connectivity index (χ3n) is 11.8. The Morgan fingerprint density at radius 2 is 1.05 bits per heavy atom. The van der Waals surface area contributed by atoms with E-state index in [0.717, 1.165) is 121 Å². The first-order chi connectivity index (χ1) is 28.3. The van der Waals surface area contributed by atoms with Crippen LogP contribution in [0.15, 0.2) is 185 Å². The Kier molecular flexibility index (Phi) is 6.10. The van der Waals surface area contributed by atoms with Gasteiger partial charge in [0.1, 0.15) is 22.3 Å². The summed E-state index contributed by atoms with van der Waals surface area (Å²) in [5.41, 5.74) is 10.5. The van der Waals surface area contributed by atoms with E-state index in [2.05, 4.69) is 162 Å². The standard InChI is InChI=1S/C52H29N3O2/c1-2-13-30(14-3-1)32-16-12-17-33(29-32)48-39-26-25-31-15-4-5-18-34(31)49(39)54-52(53-48)55-40-22-9-6-19-35(40)47-50(55)38-27-28-43-44(36-20-7-10-23-41(36)56-43)45(38)46-37-21-8-11-24-42(37)57-51(46)47/h1-29H. The fourth-order valence-electron chi connectivity index (χ4n) is 9.32. The van der Waals surface area contributed by atoms with E-state index in [0.29, 0.717) is 5.95 Å². The first-order valence-electron chi connectivity index (χ1n) is 19.2. The van der Waals surface area contributed by atoms with Gasteiger partial charge in [0.2, 0.25) is 5.95 Å². The smallest absolute Gasteiger partial charge is 0.235 e. The summed E-state index contributed by atoms with van der Waals surface area (Å²) in [6, 6.07) is 61.6. The molecule has 0 saturated heterocycles. The van der Waals surface area contributed by atoms with Crippen LogP contribution < -0.4 is 0 Å². The molecule has 0 atom stereocenters. The lowest BCUT2D eigenvalue weighted by molar-refractivity contribution is 0.669. The molecule has 5 nitrogen and oxygen atoms in total. The lowest BCUT2D eigenvalue weighted by Crippen LogP contribution is -2.04. The number of para-hydroxylation sites is 3. The Morgan fingerprint density at radius 3 is 1.91 bits per heavy atom. The van der Waals surface area contributed by atoms with Gasteiger partial charge in [-0.05, 0) is 59.0 Å². The Morgan fingerprint density at radius 1 is 0.386 bits per heavy atom. The number of fused-ring (bicyclic) bond motifs is 17. The van der Waals surface area contributed by atoms with Crippen molar-refractivity contribution in [1.82, 2.24) is 14.5 Å². The summed E-state index contributed by atoms with van der Waals surface area (Å²) in [6.45, 7) is 0. The monoisotopic (exact) mass is 727 g/mol. The molecule has 0 bridgehead atoms. The minimum Gasteiger partial charge on any atom is -0.456 e. The molecule has 0 aliphatic carbocycles. The highest BCUT2D eigenvalue weighted by molar-refractivity contribution is 6.40. The van der Waals surface area contributed by atoms with Gasteiger partial charge in [-0.15, -0.1) is 0 Å². The average molecular weight is 728 g/mol. The third kappa shape index (κ3) is 4.23. The number of rotatable bonds is 3. The van der Waals surface area contributed by atoms with Crippen LogP contribution in [0.3, 0.4) is 0 Å². The Bertz CT molecular complexity index is 3820. The average Bonchev–Trinajstić information content (AvgIpc) is 3.96. The van der Waals surface area contributed by atoms with Gasteiger partial charge in [-0.2, -0.15) is 0 Å². The lowest BCUT2D eigenvalue weighted by Gasteiger charge is -2.15. The van der Waals surface area contributed by atoms with E-state index in [1.807, 2.05) is 18.2 Å². The number of furan rings is 2. The Hall–Kier alpha value is -7.76. The summed E-state index contributed by atoms with van der Waals surface area (Å²) >= 11 is 0. The zero-order chi connectivity index (χ0) is 37.2. The molecule has 5 heteroatoms. The van der Waals surface area contributed by atoms with Crippen LogP contribution >= 0.6 is 0 Å². The highest BCUT2D eigenvalue weighted by atomic mass is 16.3. The minimum atomic E-state index is 0.596. The predicted octanol–water partition coefficient (Wildman–Crippen LogP) is 14.2. The quantitative estimate of drug-likeness (QED) is 0.170. The van der Waals surface area contributed by atoms with Crippen LogP contribution in [-0.4, -0.2) is 14.5 Å². The molecule has 13 aromatic rings. The van der Waals surface area contributed by atoms with E-state index in [9.17, 15) is 0 Å². The molecular weight excluding hydrogens is 699 g/mol. The van der Waals surface area contributed by atoms with Gasteiger partial charge in [-0.1, -0.05) is 133 Å². The van der Waals surface area contributed by atoms with Gasteiger partial charge < -0.3 is 8.83 Å². The number of hydrogen-bond donors (Lipinski definition) is 0. The molecule has 4 heterocycles. The zero-order valence-electron chi connectivity index (χ0n) is 30.4. The summed E-state index contributed by atoms with van der Waals surface area (Å²) in [4.78, 5) is 11.1. The second-order valence-electron chi connectivity index (χ2n) is 14.8. The molecule has 0 spiro atoms. The first kappa shape index (κ1) is 30.6. The highest BCUT2D eigenvalue weighted by Crippen LogP contribution is 2.49. The van der Waals surface area contributed by atoms with E-state index >= 15 is 0 Å². The topological polar surface area (TPSA) is 57.0 Å². The van der Waals surface area contributed by atoms with E-state index < -0.39 is 0 Å².